The Bertz CT molecular complexity index is 506. The van der Waals surface area contributed by atoms with Gasteiger partial charge in [-0.1, -0.05) is 12.1 Å². The van der Waals surface area contributed by atoms with E-state index >= 15 is 0 Å². The largest absolute Gasteiger partial charge is 0.444 e. The lowest BCUT2D eigenvalue weighted by Gasteiger charge is -2.30. The SMILES string of the molecule is Cc1cccc2c1CN(C(=O)OC(C)(C)C)[C@@H](C)CN2. The third kappa shape index (κ3) is 3.24. The fourth-order valence-electron chi connectivity index (χ4n) is 2.34. The first kappa shape index (κ1) is 14.7. The van der Waals surface area contributed by atoms with Gasteiger partial charge in [0.2, 0.25) is 0 Å². The number of benzene rings is 1. The van der Waals surface area contributed by atoms with Crippen LogP contribution in [0.1, 0.15) is 38.8 Å². The standard InChI is InChI=1S/C16H24N2O2/c1-11-7-6-8-14-13(11)10-18(12(2)9-17-14)15(19)20-16(3,4)5/h6-8,12,17H,9-10H2,1-5H3/t12-/m0/s1. The highest BCUT2D eigenvalue weighted by molar-refractivity contribution is 5.70. The summed E-state index contributed by atoms with van der Waals surface area (Å²) in [6, 6.07) is 6.27. The maximum absolute atomic E-state index is 12.4. The Morgan fingerprint density at radius 1 is 1.40 bits per heavy atom. The van der Waals surface area contributed by atoms with Gasteiger partial charge in [-0.05, 0) is 51.8 Å². The molecule has 1 N–H and O–H groups in total. The van der Waals surface area contributed by atoms with Crippen LogP contribution in [-0.2, 0) is 11.3 Å². The Balaban J connectivity index is 2.26. The predicted octanol–water partition coefficient (Wildman–Crippen LogP) is 3.55. The molecule has 4 nitrogen and oxygen atoms in total. The van der Waals surface area contributed by atoms with Crippen LogP contribution in [-0.4, -0.2) is 29.2 Å². The molecular weight excluding hydrogens is 252 g/mol. The van der Waals surface area contributed by atoms with Crippen LogP contribution in [0.25, 0.3) is 0 Å². The Hall–Kier alpha value is -1.71. The highest BCUT2D eigenvalue weighted by Gasteiger charge is 2.29. The summed E-state index contributed by atoms with van der Waals surface area (Å²) in [4.78, 5) is 14.2. The number of nitrogens with one attached hydrogen (secondary N) is 1. The first-order valence-electron chi connectivity index (χ1n) is 7.10. The predicted molar refractivity (Wildman–Crippen MR) is 80.9 cm³/mol. The highest BCUT2D eigenvalue weighted by Crippen LogP contribution is 2.26. The summed E-state index contributed by atoms with van der Waals surface area (Å²) in [6.07, 6.45) is -0.247. The van der Waals surface area contributed by atoms with Crippen LogP contribution in [0.15, 0.2) is 18.2 Å². The second-order valence-corrected chi connectivity index (χ2v) is 6.44. The van der Waals surface area contributed by atoms with E-state index in [4.69, 9.17) is 4.74 Å². The topological polar surface area (TPSA) is 41.6 Å². The van der Waals surface area contributed by atoms with E-state index in [2.05, 4.69) is 24.4 Å². The van der Waals surface area contributed by atoms with Crippen molar-refractivity contribution < 1.29 is 9.53 Å². The van der Waals surface area contributed by atoms with Gasteiger partial charge in [-0.3, -0.25) is 4.90 Å². The van der Waals surface area contributed by atoms with Crippen molar-refractivity contribution >= 4 is 11.8 Å². The maximum atomic E-state index is 12.4. The Kier molecular flexibility index (Phi) is 3.93. The number of aryl methyl sites for hydroxylation is 1. The van der Waals surface area contributed by atoms with E-state index in [0.717, 1.165) is 12.2 Å². The summed E-state index contributed by atoms with van der Waals surface area (Å²) >= 11 is 0. The maximum Gasteiger partial charge on any atom is 0.410 e. The number of hydrogen-bond acceptors (Lipinski definition) is 3. The molecule has 1 aromatic rings. The summed E-state index contributed by atoms with van der Waals surface area (Å²) in [6.45, 7) is 11.1. The molecule has 2 rings (SSSR count). The van der Waals surface area contributed by atoms with Crippen molar-refractivity contribution in [2.24, 2.45) is 0 Å². The molecule has 0 bridgehead atoms. The van der Waals surface area contributed by atoms with Crippen molar-refractivity contribution in [1.29, 1.82) is 0 Å². The zero-order chi connectivity index (χ0) is 14.9. The minimum Gasteiger partial charge on any atom is -0.444 e. The van der Waals surface area contributed by atoms with Gasteiger partial charge in [0.05, 0.1) is 6.54 Å². The summed E-state index contributed by atoms with van der Waals surface area (Å²) < 4.78 is 5.52. The van der Waals surface area contributed by atoms with Gasteiger partial charge in [0.1, 0.15) is 5.60 Å². The number of amides is 1. The molecule has 20 heavy (non-hydrogen) atoms. The molecule has 0 saturated heterocycles. The molecule has 1 aromatic carbocycles. The van der Waals surface area contributed by atoms with Gasteiger partial charge in [-0.2, -0.15) is 0 Å². The van der Waals surface area contributed by atoms with E-state index in [9.17, 15) is 4.79 Å². The molecule has 110 valence electrons. The minimum atomic E-state index is -0.467. The van der Waals surface area contributed by atoms with E-state index in [-0.39, 0.29) is 12.1 Å². The average Bonchev–Trinajstić information content (AvgIpc) is 2.48. The number of carbonyl (C=O) groups is 1. The van der Waals surface area contributed by atoms with Crippen molar-refractivity contribution in [3.8, 4) is 0 Å². The molecule has 0 aromatic heterocycles. The van der Waals surface area contributed by atoms with Crippen molar-refractivity contribution in [3.05, 3.63) is 29.3 Å². The van der Waals surface area contributed by atoms with Crippen molar-refractivity contribution in [1.82, 2.24) is 4.90 Å². The third-order valence-electron chi connectivity index (χ3n) is 3.49. The van der Waals surface area contributed by atoms with E-state index in [1.165, 1.54) is 11.1 Å². The fraction of sp³-hybridized carbons (Fsp3) is 0.562. The van der Waals surface area contributed by atoms with Gasteiger partial charge >= 0.3 is 6.09 Å². The fourth-order valence-corrected chi connectivity index (χ4v) is 2.34. The zero-order valence-corrected chi connectivity index (χ0v) is 13.0. The smallest absolute Gasteiger partial charge is 0.410 e. The van der Waals surface area contributed by atoms with Gasteiger partial charge in [0.15, 0.2) is 0 Å². The highest BCUT2D eigenvalue weighted by atomic mass is 16.6. The first-order chi connectivity index (χ1) is 9.28. The molecule has 0 unspecified atom stereocenters. The van der Waals surface area contributed by atoms with Gasteiger partial charge in [0.25, 0.3) is 0 Å². The van der Waals surface area contributed by atoms with Crippen LogP contribution in [0, 0.1) is 6.92 Å². The molecule has 1 atom stereocenters. The molecule has 0 radical (unpaired) electrons. The van der Waals surface area contributed by atoms with Crippen molar-refractivity contribution in [2.45, 2.75) is 52.8 Å². The van der Waals surface area contributed by atoms with E-state index in [0.29, 0.717) is 6.54 Å². The lowest BCUT2D eigenvalue weighted by Crippen LogP contribution is -2.43. The van der Waals surface area contributed by atoms with Crippen LogP contribution in [0.2, 0.25) is 0 Å². The number of nitrogens with zero attached hydrogens (tertiary/aromatic N) is 1. The molecule has 1 heterocycles. The molecule has 0 aliphatic carbocycles. The average molecular weight is 276 g/mol. The van der Waals surface area contributed by atoms with E-state index < -0.39 is 5.60 Å². The Morgan fingerprint density at radius 3 is 2.75 bits per heavy atom. The number of rotatable bonds is 0. The summed E-state index contributed by atoms with van der Waals surface area (Å²) in [5.41, 5.74) is 3.01. The van der Waals surface area contributed by atoms with Gasteiger partial charge in [-0.15, -0.1) is 0 Å². The van der Waals surface area contributed by atoms with Crippen LogP contribution >= 0.6 is 0 Å². The summed E-state index contributed by atoms with van der Waals surface area (Å²) in [7, 11) is 0. The number of anilines is 1. The molecule has 0 spiro atoms. The summed E-state index contributed by atoms with van der Waals surface area (Å²) in [5.74, 6) is 0. The van der Waals surface area contributed by atoms with Crippen LogP contribution in [0.5, 0.6) is 0 Å². The van der Waals surface area contributed by atoms with E-state index in [1.807, 2.05) is 33.8 Å². The van der Waals surface area contributed by atoms with E-state index in [1.54, 1.807) is 4.90 Å². The third-order valence-corrected chi connectivity index (χ3v) is 3.49. The number of ether oxygens (including phenoxy) is 1. The van der Waals surface area contributed by atoms with Crippen molar-refractivity contribution in [3.63, 3.8) is 0 Å². The van der Waals surface area contributed by atoms with Crippen LogP contribution < -0.4 is 5.32 Å². The molecule has 0 fully saturated rings. The first-order valence-corrected chi connectivity index (χ1v) is 7.10. The minimum absolute atomic E-state index is 0.0941. The number of hydrogen-bond donors (Lipinski definition) is 1. The lowest BCUT2D eigenvalue weighted by molar-refractivity contribution is 0.0171. The molecule has 1 aliphatic heterocycles. The molecule has 0 saturated carbocycles. The Labute approximate surface area is 121 Å². The molecule has 4 heteroatoms. The van der Waals surface area contributed by atoms with Crippen LogP contribution in [0.3, 0.4) is 0 Å². The number of fused-ring (bicyclic) bond motifs is 1. The Morgan fingerprint density at radius 2 is 2.10 bits per heavy atom. The van der Waals surface area contributed by atoms with Gasteiger partial charge in [-0.25, -0.2) is 4.79 Å². The second-order valence-electron chi connectivity index (χ2n) is 6.44. The monoisotopic (exact) mass is 276 g/mol. The normalized spacial score (nSPS) is 18.9. The zero-order valence-electron chi connectivity index (χ0n) is 13.0. The molecule has 1 aliphatic rings. The molecule has 1 amide bonds. The second kappa shape index (κ2) is 5.35. The lowest BCUT2D eigenvalue weighted by atomic mass is 10.1. The van der Waals surface area contributed by atoms with Crippen molar-refractivity contribution in [2.75, 3.05) is 11.9 Å². The summed E-state index contributed by atoms with van der Waals surface area (Å²) in [5, 5.41) is 3.41. The molecular formula is C16H24N2O2. The van der Waals surface area contributed by atoms with Gasteiger partial charge < -0.3 is 10.1 Å². The number of carbonyl (C=O) groups excluding carboxylic acids is 1. The van der Waals surface area contributed by atoms with Gasteiger partial charge in [0, 0.05) is 18.3 Å². The quantitative estimate of drug-likeness (QED) is 0.788. The van der Waals surface area contributed by atoms with Crippen LogP contribution in [0.4, 0.5) is 10.5 Å².